The van der Waals surface area contributed by atoms with E-state index in [9.17, 15) is 4.79 Å². The minimum Gasteiger partial charge on any atom is -0.497 e. The molecule has 0 atom stereocenters. The minimum absolute atomic E-state index is 0.119. The van der Waals surface area contributed by atoms with E-state index in [4.69, 9.17) is 9.47 Å². The Morgan fingerprint density at radius 1 is 1.19 bits per heavy atom. The quantitative estimate of drug-likeness (QED) is 0.632. The molecule has 0 spiro atoms. The van der Waals surface area contributed by atoms with Gasteiger partial charge in [-0.05, 0) is 40.8 Å². The largest absolute Gasteiger partial charge is 0.497 e. The summed E-state index contributed by atoms with van der Waals surface area (Å²) in [5, 5.41) is 14.3. The van der Waals surface area contributed by atoms with Crippen LogP contribution >= 0.6 is 15.9 Å². The van der Waals surface area contributed by atoms with Crippen molar-refractivity contribution >= 4 is 21.8 Å². The number of nitrogens with one attached hydrogen (secondary N) is 1. The summed E-state index contributed by atoms with van der Waals surface area (Å²) in [5.41, 5.74) is 0.793. The van der Waals surface area contributed by atoms with Crippen LogP contribution in [0.5, 0.6) is 11.5 Å². The number of ether oxygens (including phenoxy) is 2. The Bertz CT molecular complexity index is 899. The number of rotatable bonds is 7. The average molecular weight is 418 g/mol. The minimum atomic E-state index is -0.281. The van der Waals surface area contributed by atoms with Gasteiger partial charge in [-0.1, -0.05) is 28.1 Å². The van der Waals surface area contributed by atoms with Crippen molar-refractivity contribution in [3.8, 4) is 17.2 Å². The Morgan fingerprint density at radius 2 is 2.00 bits per heavy atom. The molecule has 9 heteroatoms. The molecule has 1 amide bonds. The van der Waals surface area contributed by atoms with Crippen LogP contribution in [0.25, 0.3) is 5.69 Å². The van der Waals surface area contributed by atoms with E-state index in [1.807, 2.05) is 24.3 Å². The number of amides is 1. The Kier molecular flexibility index (Phi) is 5.80. The molecule has 0 radical (unpaired) electrons. The zero-order valence-electron chi connectivity index (χ0n) is 13.9. The summed E-state index contributed by atoms with van der Waals surface area (Å²) in [6.45, 7) is 0.0609. The molecule has 134 valence electrons. The Morgan fingerprint density at radius 3 is 2.81 bits per heavy atom. The number of nitrogens with zero attached hydrogens (tertiary/aromatic N) is 4. The fourth-order valence-corrected chi connectivity index (χ4v) is 2.58. The summed E-state index contributed by atoms with van der Waals surface area (Å²) in [5.74, 6) is 1.45. The van der Waals surface area contributed by atoms with Crippen molar-refractivity contribution in [3.05, 3.63) is 58.8 Å². The van der Waals surface area contributed by atoms with Gasteiger partial charge in [-0.2, -0.15) is 4.68 Å². The predicted octanol–water partition coefficient (Wildman–Crippen LogP) is 2.13. The van der Waals surface area contributed by atoms with Crippen LogP contribution < -0.4 is 14.8 Å². The highest BCUT2D eigenvalue weighted by Gasteiger charge is 2.11. The number of hydrogen-bond donors (Lipinski definition) is 1. The first-order valence-electron chi connectivity index (χ1n) is 7.72. The second-order valence-electron chi connectivity index (χ2n) is 5.23. The van der Waals surface area contributed by atoms with Crippen molar-refractivity contribution in [2.75, 3.05) is 13.7 Å². The third kappa shape index (κ3) is 4.57. The zero-order valence-corrected chi connectivity index (χ0v) is 15.5. The molecular weight excluding hydrogens is 402 g/mol. The predicted molar refractivity (Wildman–Crippen MR) is 97.2 cm³/mol. The number of halogens is 1. The van der Waals surface area contributed by atoms with Gasteiger partial charge in [-0.15, -0.1) is 5.10 Å². The number of carbonyl (C=O) groups is 1. The molecule has 0 aliphatic heterocycles. The van der Waals surface area contributed by atoms with Crippen LogP contribution in [0, 0.1) is 0 Å². The van der Waals surface area contributed by atoms with Gasteiger partial charge in [0.1, 0.15) is 11.5 Å². The molecule has 0 bridgehead atoms. The second kappa shape index (κ2) is 8.43. The highest BCUT2D eigenvalue weighted by molar-refractivity contribution is 9.10. The normalized spacial score (nSPS) is 10.4. The van der Waals surface area contributed by atoms with Crippen LogP contribution in [-0.2, 0) is 11.3 Å². The number of benzene rings is 2. The Hall–Kier alpha value is -2.94. The van der Waals surface area contributed by atoms with E-state index in [1.54, 1.807) is 36.1 Å². The maximum atomic E-state index is 12.0. The number of hydrogen-bond acceptors (Lipinski definition) is 6. The average Bonchev–Trinajstić information content (AvgIpc) is 3.13. The summed E-state index contributed by atoms with van der Waals surface area (Å²) in [7, 11) is 1.57. The van der Waals surface area contributed by atoms with Crippen LogP contribution in [0.4, 0.5) is 0 Å². The molecule has 0 saturated carbocycles. The van der Waals surface area contributed by atoms with Crippen LogP contribution in [0.2, 0.25) is 0 Å². The Balaban J connectivity index is 1.56. The SMILES string of the molecule is COc1cccc(OCC(=O)NCc2nnnn2-c2cccc(Br)c2)c1. The first kappa shape index (κ1) is 17.9. The molecule has 0 unspecified atom stereocenters. The van der Waals surface area contributed by atoms with Crippen molar-refractivity contribution in [3.63, 3.8) is 0 Å². The van der Waals surface area contributed by atoms with Crippen LogP contribution in [0.15, 0.2) is 53.0 Å². The van der Waals surface area contributed by atoms with Gasteiger partial charge in [0, 0.05) is 10.5 Å². The highest BCUT2D eigenvalue weighted by Crippen LogP contribution is 2.18. The van der Waals surface area contributed by atoms with Gasteiger partial charge >= 0.3 is 0 Å². The lowest BCUT2D eigenvalue weighted by molar-refractivity contribution is -0.123. The van der Waals surface area contributed by atoms with Gasteiger partial charge in [-0.3, -0.25) is 4.79 Å². The molecule has 0 saturated heterocycles. The number of methoxy groups -OCH3 is 1. The molecule has 0 aliphatic rings. The highest BCUT2D eigenvalue weighted by atomic mass is 79.9. The maximum absolute atomic E-state index is 12.0. The lowest BCUT2D eigenvalue weighted by Crippen LogP contribution is -2.29. The van der Waals surface area contributed by atoms with Crippen molar-refractivity contribution in [1.29, 1.82) is 0 Å². The van der Waals surface area contributed by atoms with Gasteiger partial charge in [0.25, 0.3) is 5.91 Å². The van der Waals surface area contributed by atoms with E-state index in [1.165, 1.54) is 0 Å². The standard InChI is InChI=1S/C17H16BrN5O3/c1-25-14-6-3-7-15(9-14)26-11-17(24)19-10-16-20-21-22-23(16)13-5-2-4-12(18)8-13/h2-9H,10-11H2,1H3,(H,19,24). The van der Waals surface area contributed by atoms with Gasteiger partial charge in [0.2, 0.25) is 0 Å². The molecule has 0 fully saturated rings. The molecule has 1 heterocycles. The molecular formula is C17H16BrN5O3. The summed E-state index contributed by atoms with van der Waals surface area (Å²) >= 11 is 3.41. The van der Waals surface area contributed by atoms with E-state index in [2.05, 4.69) is 36.8 Å². The topological polar surface area (TPSA) is 91.2 Å². The summed E-state index contributed by atoms with van der Waals surface area (Å²) < 4.78 is 13.0. The van der Waals surface area contributed by atoms with Gasteiger partial charge in [0.05, 0.1) is 19.3 Å². The molecule has 2 aromatic carbocycles. The zero-order chi connectivity index (χ0) is 18.4. The molecule has 1 N–H and O–H groups in total. The Labute approximate surface area is 158 Å². The fraction of sp³-hybridized carbons (Fsp3) is 0.176. The van der Waals surface area contributed by atoms with E-state index in [0.717, 1.165) is 10.2 Å². The molecule has 0 aliphatic carbocycles. The lowest BCUT2D eigenvalue weighted by atomic mass is 10.3. The van der Waals surface area contributed by atoms with Crippen molar-refractivity contribution in [2.45, 2.75) is 6.54 Å². The van der Waals surface area contributed by atoms with Crippen molar-refractivity contribution in [2.24, 2.45) is 0 Å². The molecule has 8 nitrogen and oxygen atoms in total. The van der Waals surface area contributed by atoms with Crippen molar-refractivity contribution in [1.82, 2.24) is 25.5 Å². The van der Waals surface area contributed by atoms with E-state index < -0.39 is 0 Å². The smallest absolute Gasteiger partial charge is 0.258 e. The first-order chi connectivity index (χ1) is 12.7. The second-order valence-corrected chi connectivity index (χ2v) is 6.15. The third-order valence-corrected chi connectivity index (χ3v) is 3.93. The number of tetrazole rings is 1. The third-order valence-electron chi connectivity index (χ3n) is 3.44. The van der Waals surface area contributed by atoms with Crippen LogP contribution in [0.1, 0.15) is 5.82 Å². The van der Waals surface area contributed by atoms with Crippen LogP contribution in [-0.4, -0.2) is 39.8 Å². The maximum Gasteiger partial charge on any atom is 0.258 e. The lowest BCUT2D eigenvalue weighted by Gasteiger charge is -2.09. The molecule has 1 aromatic heterocycles. The molecule has 3 rings (SSSR count). The van der Waals surface area contributed by atoms with E-state index in [-0.39, 0.29) is 19.1 Å². The van der Waals surface area contributed by atoms with Crippen LogP contribution in [0.3, 0.4) is 0 Å². The summed E-state index contributed by atoms with van der Waals surface area (Å²) in [4.78, 5) is 12.0. The monoisotopic (exact) mass is 417 g/mol. The van der Waals surface area contributed by atoms with E-state index >= 15 is 0 Å². The number of carbonyl (C=O) groups excluding carboxylic acids is 1. The molecule has 26 heavy (non-hydrogen) atoms. The summed E-state index contributed by atoms with van der Waals surface area (Å²) in [6, 6.07) is 14.6. The number of aromatic nitrogens is 4. The van der Waals surface area contributed by atoms with E-state index in [0.29, 0.717) is 17.3 Å². The first-order valence-corrected chi connectivity index (χ1v) is 8.52. The fourth-order valence-electron chi connectivity index (χ4n) is 2.19. The van der Waals surface area contributed by atoms with Crippen molar-refractivity contribution < 1.29 is 14.3 Å². The molecule has 3 aromatic rings. The van der Waals surface area contributed by atoms with Gasteiger partial charge in [0.15, 0.2) is 12.4 Å². The summed E-state index contributed by atoms with van der Waals surface area (Å²) in [6.07, 6.45) is 0. The van der Waals surface area contributed by atoms with Gasteiger partial charge in [-0.25, -0.2) is 0 Å². The van der Waals surface area contributed by atoms with Gasteiger partial charge < -0.3 is 14.8 Å².